The summed E-state index contributed by atoms with van der Waals surface area (Å²) in [4.78, 5) is 0. The van der Waals surface area contributed by atoms with Crippen LogP contribution in [-0.4, -0.2) is 23.4 Å². The number of hydrogen-bond donors (Lipinski definition) is 1. The Balaban J connectivity index is 1.92. The van der Waals surface area contributed by atoms with Crippen LogP contribution in [0.2, 0.25) is 0 Å². The van der Waals surface area contributed by atoms with E-state index >= 15 is 0 Å². The Morgan fingerprint density at radius 1 is 1.00 bits per heavy atom. The number of hydrogen-bond acceptors (Lipinski definition) is 3. The van der Waals surface area contributed by atoms with Crippen LogP contribution in [0.1, 0.15) is 23.2 Å². The van der Waals surface area contributed by atoms with Gasteiger partial charge < -0.3 is 19.1 Å². The molecule has 0 aliphatic heterocycles. The van der Waals surface area contributed by atoms with E-state index in [1.807, 2.05) is 0 Å². The number of methoxy groups -OCH3 is 1. The quantitative estimate of drug-likeness (QED) is 0.484. The van der Waals surface area contributed by atoms with Gasteiger partial charge >= 0.3 is 6.18 Å². The van der Waals surface area contributed by atoms with E-state index in [1.165, 1.54) is 17.9 Å². The predicted molar refractivity (Wildman–Crippen MR) is 103 cm³/mol. The minimum Gasteiger partial charge on any atom is -0.497 e. The molecule has 0 unspecified atom stereocenters. The average molecular weight is 441 g/mol. The second-order valence-corrected chi connectivity index (χ2v) is 6.75. The van der Waals surface area contributed by atoms with Gasteiger partial charge in [-0.05, 0) is 60.9 Å². The fraction of sp³-hybridized carbons (Fsp3) is 0.273. The van der Waals surface area contributed by atoms with Crippen LogP contribution in [0.4, 0.5) is 22.0 Å². The van der Waals surface area contributed by atoms with E-state index in [9.17, 15) is 22.0 Å². The summed E-state index contributed by atoms with van der Waals surface area (Å²) in [5, 5.41) is 8.84. The number of aryl methyl sites for hydroxylation is 1. The zero-order chi connectivity index (χ0) is 22.6. The maximum absolute atomic E-state index is 14.3. The number of aliphatic hydroxyl groups is 1. The fourth-order valence-electron chi connectivity index (χ4n) is 3.17. The van der Waals surface area contributed by atoms with Crippen molar-refractivity contribution in [1.29, 1.82) is 0 Å². The third kappa shape index (κ3) is 5.16. The number of ether oxygens (including phenoxy) is 2. The molecule has 0 fully saturated rings. The van der Waals surface area contributed by atoms with Crippen LogP contribution in [0.15, 0.2) is 48.7 Å². The molecule has 0 bridgehead atoms. The summed E-state index contributed by atoms with van der Waals surface area (Å²) >= 11 is 0. The van der Waals surface area contributed by atoms with Gasteiger partial charge in [-0.3, -0.25) is 0 Å². The Hall–Kier alpha value is -3.07. The summed E-state index contributed by atoms with van der Waals surface area (Å²) < 4.78 is 80.6. The Labute approximate surface area is 175 Å². The van der Waals surface area contributed by atoms with Gasteiger partial charge in [0.25, 0.3) is 0 Å². The van der Waals surface area contributed by atoms with Gasteiger partial charge in [0.05, 0.1) is 18.4 Å². The summed E-state index contributed by atoms with van der Waals surface area (Å²) in [5.41, 5.74) is -0.561. The van der Waals surface area contributed by atoms with Gasteiger partial charge in [-0.25, -0.2) is 8.78 Å². The molecule has 3 aromatic rings. The van der Waals surface area contributed by atoms with E-state index < -0.39 is 35.7 Å². The number of alkyl halides is 3. The van der Waals surface area contributed by atoms with Gasteiger partial charge in [0.15, 0.2) is 17.4 Å². The van der Waals surface area contributed by atoms with Crippen molar-refractivity contribution in [3.05, 3.63) is 77.1 Å². The molecule has 0 spiro atoms. The predicted octanol–water partition coefficient (Wildman–Crippen LogP) is 5.29. The van der Waals surface area contributed by atoms with Gasteiger partial charge in [-0.15, -0.1) is 0 Å². The molecule has 31 heavy (non-hydrogen) atoms. The van der Waals surface area contributed by atoms with Crippen molar-refractivity contribution < 1.29 is 36.5 Å². The second-order valence-electron chi connectivity index (χ2n) is 6.75. The highest BCUT2D eigenvalue weighted by Gasteiger charge is 2.36. The molecule has 0 saturated carbocycles. The maximum atomic E-state index is 14.3. The average Bonchev–Trinajstić information content (AvgIpc) is 3.16. The molecule has 0 radical (unpaired) electrons. The molecule has 0 saturated heterocycles. The Kier molecular flexibility index (Phi) is 6.84. The highest BCUT2D eigenvalue weighted by Crippen LogP contribution is 2.35. The van der Waals surface area contributed by atoms with Gasteiger partial charge in [0.2, 0.25) is 0 Å². The summed E-state index contributed by atoms with van der Waals surface area (Å²) in [5.74, 6) is -2.29. The lowest BCUT2D eigenvalue weighted by Gasteiger charge is -2.16. The molecule has 3 rings (SSSR count). The van der Waals surface area contributed by atoms with Gasteiger partial charge in [-0.1, -0.05) is 0 Å². The van der Waals surface area contributed by atoms with Crippen molar-refractivity contribution in [3.63, 3.8) is 0 Å². The van der Waals surface area contributed by atoms with Gasteiger partial charge in [0.1, 0.15) is 12.4 Å². The molecule has 166 valence electrons. The highest BCUT2D eigenvalue weighted by molar-refractivity contribution is 5.42. The number of aromatic nitrogens is 1. The standard InChI is InChI=1S/C22H20F5NO3/c1-30-16-6-4-15(5-7-16)28-9-8-17(22(25,26)27)20(28)13-31-21-18(23)11-14(3-2-10-29)12-19(21)24/h4-9,11-12,29H,2-3,10,13H2,1H3. The minimum absolute atomic E-state index is 0.135. The molecule has 0 aliphatic carbocycles. The molecular formula is C22H20F5NO3. The first kappa shape index (κ1) is 22.6. The third-order valence-electron chi connectivity index (χ3n) is 4.68. The largest absolute Gasteiger partial charge is 0.497 e. The molecule has 0 atom stereocenters. The Bertz CT molecular complexity index is 1010. The monoisotopic (exact) mass is 441 g/mol. The second kappa shape index (κ2) is 9.38. The molecule has 4 nitrogen and oxygen atoms in total. The van der Waals surface area contributed by atoms with Crippen LogP contribution in [0.5, 0.6) is 11.5 Å². The third-order valence-corrected chi connectivity index (χ3v) is 4.68. The smallest absolute Gasteiger partial charge is 0.418 e. The first-order valence-electron chi connectivity index (χ1n) is 9.38. The van der Waals surface area contributed by atoms with E-state index in [0.717, 1.165) is 18.2 Å². The molecule has 9 heteroatoms. The van der Waals surface area contributed by atoms with Crippen molar-refractivity contribution in [2.45, 2.75) is 25.6 Å². The number of halogens is 5. The van der Waals surface area contributed by atoms with E-state index in [2.05, 4.69) is 0 Å². The molecule has 1 aromatic heterocycles. The molecule has 0 aliphatic rings. The first-order valence-corrected chi connectivity index (χ1v) is 9.38. The zero-order valence-corrected chi connectivity index (χ0v) is 16.5. The van der Waals surface area contributed by atoms with Crippen molar-refractivity contribution >= 4 is 0 Å². The van der Waals surface area contributed by atoms with Crippen LogP contribution in [-0.2, 0) is 19.2 Å². The molecule has 1 heterocycles. The highest BCUT2D eigenvalue weighted by atomic mass is 19.4. The number of aliphatic hydroxyl groups excluding tert-OH is 1. The minimum atomic E-state index is -4.68. The van der Waals surface area contributed by atoms with E-state index in [1.54, 1.807) is 24.3 Å². The lowest BCUT2D eigenvalue weighted by Crippen LogP contribution is -2.13. The molecule has 1 N–H and O–H groups in total. The summed E-state index contributed by atoms with van der Waals surface area (Å²) in [6.07, 6.45) is -2.89. The molecule has 2 aromatic carbocycles. The van der Waals surface area contributed by atoms with E-state index in [-0.39, 0.29) is 18.7 Å². The van der Waals surface area contributed by atoms with Crippen LogP contribution < -0.4 is 9.47 Å². The Morgan fingerprint density at radius 3 is 2.19 bits per heavy atom. The van der Waals surface area contributed by atoms with Crippen LogP contribution in [0.25, 0.3) is 5.69 Å². The van der Waals surface area contributed by atoms with Gasteiger partial charge in [-0.2, -0.15) is 13.2 Å². The van der Waals surface area contributed by atoms with E-state index in [4.69, 9.17) is 14.6 Å². The van der Waals surface area contributed by atoms with Crippen molar-refractivity contribution in [3.8, 4) is 17.2 Å². The topological polar surface area (TPSA) is 43.6 Å². The fourth-order valence-corrected chi connectivity index (χ4v) is 3.17. The van der Waals surface area contributed by atoms with Crippen LogP contribution >= 0.6 is 0 Å². The molecule has 0 amide bonds. The number of benzene rings is 2. The van der Waals surface area contributed by atoms with Crippen molar-refractivity contribution in [1.82, 2.24) is 4.57 Å². The van der Waals surface area contributed by atoms with Crippen molar-refractivity contribution in [2.24, 2.45) is 0 Å². The lowest BCUT2D eigenvalue weighted by molar-refractivity contribution is -0.138. The lowest BCUT2D eigenvalue weighted by atomic mass is 10.1. The maximum Gasteiger partial charge on any atom is 0.418 e. The number of rotatable bonds is 8. The van der Waals surface area contributed by atoms with Gasteiger partial charge in [0, 0.05) is 18.5 Å². The summed E-state index contributed by atoms with van der Waals surface area (Å²) in [7, 11) is 1.46. The van der Waals surface area contributed by atoms with E-state index in [0.29, 0.717) is 23.4 Å². The first-order chi connectivity index (χ1) is 14.7. The van der Waals surface area contributed by atoms with Crippen LogP contribution in [0.3, 0.4) is 0 Å². The summed E-state index contributed by atoms with van der Waals surface area (Å²) in [6, 6.07) is 9.24. The SMILES string of the molecule is COc1ccc(-n2ccc(C(F)(F)F)c2COc2c(F)cc(CCCO)cc2F)cc1. The number of nitrogens with zero attached hydrogens (tertiary/aromatic N) is 1. The van der Waals surface area contributed by atoms with Crippen LogP contribution in [0, 0.1) is 11.6 Å². The molecular weight excluding hydrogens is 421 g/mol. The zero-order valence-electron chi connectivity index (χ0n) is 16.5. The normalized spacial score (nSPS) is 11.6. The van der Waals surface area contributed by atoms with Crippen molar-refractivity contribution in [2.75, 3.05) is 13.7 Å². The Morgan fingerprint density at radius 2 is 1.65 bits per heavy atom. The summed E-state index contributed by atoms with van der Waals surface area (Å²) in [6.45, 7) is -0.845.